The van der Waals surface area contributed by atoms with E-state index in [0.717, 1.165) is 12.8 Å². The maximum atomic E-state index is 11.6. The number of aryl methyl sites for hydroxylation is 1. The molecule has 1 aromatic rings. The lowest BCUT2D eigenvalue weighted by Gasteiger charge is -2.11. The molecule has 0 heterocycles. The summed E-state index contributed by atoms with van der Waals surface area (Å²) >= 11 is 0. The third-order valence-corrected chi connectivity index (χ3v) is 2.98. The number of anilines is 1. The van der Waals surface area contributed by atoms with Crippen LogP contribution in [0.1, 0.15) is 28.8 Å². The molecule has 0 atom stereocenters. The monoisotopic (exact) mass is 248 g/mol. The molecular weight excluding hydrogens is 232 g/mol. The van der Waals surface area contributed by atoms with E-state index in [1.54, 1.807) is 25.1 Å². The first kappa shape index (κ1) is 12.4. The topological polar surface area (TPSA) is 78.4 Å². The highest BCUT2D eigenvalue weighted by Gasteiger charge is 2.22. The van der Waals surface area contributed by atoms with Crippen LogP contribution in [0.25, 0.3) is 0 Å². The van der Waals surface area contributed by atoms with Gasteiger partial charge in [0, 0.05) is 6.54 Å². The van der Waals surface area contributed by atoms with Crippen LogP contribution in [0.15, 0.2) is 18.2 Å². The summed E-state index contributed by atoms with van der Waals surface area (Å²) in [6.07, 6.45) is 2.32. The Morgan fingerprint density at radius 2 is 2.11 bits per heavy atom. The molecule has 2 rings (SSSR count). The van der Waals surface area contributed by atoms with Crippen LogP contribution in [-0.2, 0) is 0 Å². The molecule has 5 nitrogen and oxygen atoms in total. The van der Waals surface area contributed by atoms with Crippen LogP contribution in [0.5, 0.6) is 0 Å². The molecule has 96 valence electrons. The maximum absolute atomic E-state index is 11.6. The zero-order chi connectivity index (χ0) is 13.1. The van der Waals surface area contributed by atoms with Gasteiger partial charge in [-0.25, -0.2) is 9.59 Å². The molecule has 2 amide bonds. The van der Waals surface area contributed by atoms with Crippen LogP contribution < -0.4 is 10.6 Å². The van der Waals surface area contributed by atoms with Gasteiger partial charge in [0.15, 0.2) is 0 Å². The Labute approximate surface area is 105 Å². The highest BCUT2D eigenvalue weighted by molar-refractivity contribution is 6.01. The van der Waals surface area contributed by atoms with Crippen molar-refractivity contribution in [3.05, 3.63) is 29.3 Å². The number of hydrogen-bond acceptors (Lipinski definition) is 2. The lowest BCUT2D eigenvalue weighted by molar-refractivity contribution is 0.0697. The van der Waals surface area contributed by atoms with Crippen LogP contribution in [-0.4, -0.2) is 23.7 Å². The molecule has 1 aromatic carbocycles. The van der Waals surface area contributed by atoms with Gasteiger partial charge >= 0.3 is 12.0 Å². The molecule has 0 bridgehead atoms. The SMILES string of the molecule is Cc1cccc(NC(=O)NCC2CC2)c1C(=O)O. The van der Waals surface area contributed by atoms with Crippen molar-refractivity contribution in [2.45, 2.75) is 19.8 Å². The number of carbonyl (C=O) groups is 2. The van der Waals surface area contributed by atoms with Crippen molar-refractivity contribution in [1.82, 2.24) is 5.32 Å². The fourth-order valence-electron chi connectivity index (χ4n) is 1.78. The molecule has 18 heavy (non-hydrogen) atoms. The Balaban J connectivity index is 2.05. The molecule has 0 saturated heterocycles. The summed E-state index contributed by atoms with van der Waals surface area (Å²) in [6.45, 7) is 2.36. The predicted octanol–water partition coefficient (Wildman–Crippen LogP) is 2.22. The van der Waals surface area contributed by atoms with Crippen LogP contribution in [0.4, 0.5) is 10.5 Å². The minimum absolute atomic E-state index is 0.138. The van der Waals surface area contributed by atoms with Gasteiger partial charge in [0.25, 0.3) is 0 Å². The van der Waals surface area contributed by atoms with E-state index in [0.29, 0.717) is 23.7 Å². The second-order valence-corrected chi connectivity index (χ2v) is 4.58. The molecule has 0 radical (unpaired) electrons. The summed E-state index contributed by atoms with van der Waals surface area (Å²) in [5.41, 5.74) is 1.09. The largest absolute Gasteiger partial charge is 0.478 e. The van der Waals surface area contributed by atoms with Crippen molar-refractivity contribution in [3.63, 3.8) is 0 Å². The van der Waals surface area contributed by atoms with Gasteiger partial charge < -0.3 is 15.7 Å². The van der Waals surface area contributed by atoms with E-state index in [1.165, 1.54) is 0 Å². The third kappa shape index (κ3) is 3.00. The number of nitrogens with one attached hydrogen (secondary N) is 2. The second kappa shape index (κ2) is 5.08. The van der Waals surface area contributed by atoms with Crippen LogP contribution in [0.3, 0.4) is 0 Å². The van der Waals surface area contributed by atoms with Gasteiger partial charge in [-0.15, -0.1) is 0 Å². The number of hydrogen-bond donors (Lipinski definition) is 3. The summed E-state index contributed by atoms with van der Waals surface area (Å²) in [4.78, 5) is 22.7. The first-order chi connectivity index (χ1) is 8.58. The average Bonchev–Trinajstić information content (AvgIpc) is 3.09. The highest BCUT2D eigenvalue weighted by atomic mass is 16.4. The quantitative estimate of drug-likeness (QED) is 0.764. The van der Waals surface area contributed by atoms with Gasteiger partial charge in [0.2, 0.25) is 0 Å². The zero-order valence-electron chi connectivity index (χ0n) is 10.2. The Morgan fingerprint density at radius 1 is 1.39 bits per heavy atom. The highest BCUT2D eigenvalue weighted by Crippen LogP contribution is 2.27. The molecule has 3 N–H and O–H groups in total. The Bertz CT molecular complexity index is 481. The average molecular weight is 248 g/mol. The summed E-state index contributed by atoms with van der Waals surface area (Å²) in [6, 6.07) is 4.66. The van der Waals surface area contributed by atoms with E-state index in [1.807, 2.05) is 0 Å². The minimum Gasteiger partial charge on any atom is -0.478 e. The van der Waals surface area contributed by atoms with E-state index in [2.05, 4.69) is 10.6 Å². The van der Waals surface area contributed by atoms with E-state index in [9.17, 15) is 9.59 Å². The molecule has 0 aliphatic heterocycles. The Morgan fingerprint density at radius 3 is 2.72 bits per heavy atom. The second-order valence-electron chi connectivity index (χ2n) is 4.58. The van der Waals surface area contributed by atoms with Gasteiger partial charge in [-0.05, 0) is 37.3 Å². The number of aromatic carboxylic acids is 1. The molecule has 0 unspecified atom stereocenters. The predicted molar refractivity (Wildman–Crippen MR) is 67.9 cm³/mol. The van der Waals surface area contributed by atoms with E-state index >= 15 is 0 Å². The molecule has 5 heteroatoms. The number of rotatable bonds is 4. The van der Waals surface area contributed by atoms with Gasteiger partial charge in [-0.3, -0.25) is 0 Å². The number of carbonyl (C=O) groups excluding carboxylic acids is 1. The summed E-state index contributed by atoms with van der Waals surface area (Å²) in [5, 5.41) is 14.4. The molecule has 0 aromatic heterocycles. The summed E-state index contributed by atoms with van der Waals surface area (Å²) in [7, 11) is 0. The van der Waals surface area contributed by atoms with Gasteiger partial charge in [-0.2, -0.15) is 0 Å². The first-order valence-corrected chi connectivity index (χ1v) is 5.95. The molecule has 1 saturated carbocycles. The lowest BCUT2D eigenvalue weighted by atomic mass is 10.1. The molecule has 1 fully saturated rings. The van der Waals surface area contributed by atoms with Crippen LogP contribution >= 0.6 is 0 Å². The molecule has 1 aliphatic carbocycles. The fourth-order valence-corrected chi connectivity index (χ4v) is 1.78. The third-order valence-electron chi connectivity index (χ3n) is 2.98. The number of benzene rings is 1. The van der Waals surface area contributed by atoms with E-state index < -0.39 is 5.97 Å². The fraction of sp³-hybridized carbons (Fsp3) is 0.385. The number of urea groups is 1. The standard InChI is InChI=1S/C13H16N2O3/c1-8-3-2-4-10(11(8)12(16)17)15-13(18)14-7-9-5-6-9/h2-4,9H,5-7H2,1H3,(H,16,17)(H2,14,15,18). The van der Waals surface area contributed by atoms with Crippen molar-refractivity contribution in [3.8, 4) is 0 Å². The van der Waals surface area contributed by atoms with Crippen LogP contribution in [0, 0.1) is 12.8 Å². The first-order valence-electron chi connectivity index (χ1n) is 5.95. The molecular formula is C13H16N2O3. The minimum atomic E-state index is -1.04. The smallest absolute Gasteiger partial charge is 0.338 e. The number of carboxylic acids is 1. The number of amides is 2. The summed E-state index contributed by atoms with van der Waals surface area (Å²) in [5.74, 6) is -0.446. The zero-order valence-corrected chi connectivity index (χ0v) is 10.2. The number of carboxylic acid groups (broad SMARTS) is 1. The van der Waals surface area contributed by atoms with Gasteiger partial charge in [-0.1, -0.05) is 12.1 Å². The van der Waals surface area contributed by atoms with Crippen LogP contribution in [0.2, 0.25) is 0 Å². The van der Waals surface area contributed by atoms with E-state index in [-0.39, 0.29) is 11.6 Å². The maximum Gasteiger partial charge on any atom is 0.338 e. The van der Waals surface area contributed by atoms with E-state index in [4.69, 9.17) is 5.11 Å². The van der Waals surface area contributed by atoms with Crippen molar-refractivity contribution < 1.29 is 14.7 Å². The molecule has 0 spiro atoms. The van der Waals surface area contributed by atoms with Gasteiger partial charge in [0.05, 0.1) is 11.3 Å². The van der Waals surface area contributed by atoms with Gasteiger partial charge in [0.1, 0.15) is 0 Å². The lowest BCUT2D eigenvalue weighted by Crippen LogP contribution is -2.31. The van der Waals surface area contributed by atoms with Crippen molar-refractivity contribution in [2.24, 2.45) is 5.92 Å². The summed E-state index contributed by atoms with van der Waals surface area (Å²) < 4.78 is 0. The Kier molecular flexibility index (Phi) is 3.50. The van der Waals surface area contributed by atoms with Crippen molar-refractivity contribution in [2.75, 3.05) is 11.9 Å². The molecule has 1 aliphatic rings. The van der Waals surface area contributed by atoms with Crippen molar-refractivity contribution >= 4 is 17.7 Å². The Hall–Kier alpha value is -2.04. The normalized spacial score (nSPS) is 14.1. The van der Waals surface area contributed by atoms with Crippen molar-refractivity contribution in [1.29, 1.82) is 0 Å².